The van der Waals surface area contributed by atoms with Crippen LogP contribution >= 0.6 is 24.8 Å². The first-order valence-corrected chi connectivity index (χ1v) is 10.9. The molecule has 2 bridgehead atoms. The number of nitrogens with zero attached hydrogens (tertiary/aromatic N) is 2. The molecule has 0 radical (unpaired) electrons. The van der Waals surface area contributed by atoms with Crippen LogP contribution in [0.4, 0.5) is 13.2 Å². The Labute approximate surface area is 207 Å². The van der Waals surface area contributed by atoms with Gasteiger partial charge in [0.25, 0.3) is 0 Å². The highest BCUT2D eigenvalue weighted by Gasteiger charge is 2.65. The molecule has 1 saturated heterocycles. The maximum atomic E-state index is 13.4. The largest absolute Gasteiger partial charge is 0.508 e. The van der Waals surface area contributed by atoms with Crippen molar-refractivity contribution < 1.29 is 23.4 Å². The van der Waals surface area contributed by atoms with Crippen molar-refractivity contribution in [3.63, 3.8) is 0 Å². The molecule has 6 rings (SSSR count). The molecule has 2 aromatic carbocycles. The molecule has 3 atom stereocenters. The minimum absolute atomic E-state index is 0. The van der Waals surface area contributed by atoms with Gasteiger partial charge in [-0.25, -0.2) is 0 Å². The van der Waals surface area contributed by atoms with Gasteiger partial charge in [-0.05, 0) is 60.3 Å². The number of aromatic nitrogens is 1. The second kappa shape index (κ2) is 8.26. The Kier molecular flexibility index (Phi) is 6.09. The zero-order valence-electron chi connectivity index (χ0n) is 18.2. The zero-order valence-corrected chi connectivity index (χ0v) is 19.8. The van der Waals surface area contributed by atoms with Crippen molar-refractivity contribution in [2.75, 3.05) is 13.1 Å². The Morgan fingerprint density at radius 1 is 1.03 bits per heavy atom. The molecular weight excluding hydrogens is 488 g/mol. The van der Waals surface area contributed by atoms with Gasteiger partial charge in [0.05, 0.1) is 17.7 Å². The molecule has 9 heteroatoms. The van der Waals surface area contributed by atoms with Crippen molar-refractivity contribution >= 4 is 35.7 Å². The molecule has 1 aliphatic heterocycles. The summed E-state index contributed by atoms with van der Waals surface area (Å²) in [6, 6.07) is 14.2. The average molecular weight is 513 g/mol. The third-order valence-electron chi connectivity index (χ3n) is 7.87. The molecule has 1 aromatic heterocycles. The molecule has 0 saturated carbocycles. The summed E-state index contributed by atoms with van der Waals surface area (Å²) in [4.78, 5) is 6.30. The lowest BCUT2D eigenvalue weighted by atomic mass is 9.49. The quantitative estimate of drug-likeness (QED) is 0.494. The standard InChI is InChI=1S/C25H23F3N2O2.2ClH/c26-25(27,28)14-30-8-7-23-13-21-17(9-16-3-1-2-4-20(16)29-21)12-24(23,32)22(30)10-15-5-6-18(31)11-19(15)23;;/h1-6,9,11,22,31-32H,7-8,10,12-14H2;2*1H/t22-,23-,24-;;/m1../s1. The molecule has 1 fully saturated rings. The van der Waals surface area contributed by atoms with Crippen LogP contribution in [-0.4, -0.2) is 51.0 Å². The molecule has 2 aliphatic carbocycles. The maximum Gasteiger partial charge on any atom is 0.401 e. The monoisotopic (exact) mass is 512 g/mol. The number of alkyl halides is 3. The molecule has 0 unspecified atom stereocenters. The van der Waals surface area contributed by atoms with Gasteiger partial charge in [-0.3, -0.25) is 9.88 Å². The summed E-state index contributed by atoms with van der Waals surface area (Å²) < 4.78 is 40.2. The van der Waals surface area contributed by atoms with Gasteiger partial charge in [0.2, 0.25) is 0 Å². The van der Waals surface area contributed by atoms with Gasteiger partial charge in [-0.1, -0.05) is 24.3 Å². The van der Waals surface area contributed by atoms with Gasteiger partial charge < -0.3 is 10.2 Å². The Bertz CT molecular complexity index is 1250. The van der Waals surface area contributed by atoms with E-state index < -0.39 is 29.8 Å². The van der Waals surface area contributed by atoms with Crippen molar-refractivity contribution in [3.8, 4) is 5.75 Å². The van der Waals surface area contributed by atoms with E-state index in [4.69, 9.17) is 4.98 Å². The Balaban J connectivity index is 0.00000137. The van der Waals surface area contributed by atoms with Gasteiger partial charge in [0.1, 0.15) is 5.75 Å². The number of fused-ring (bicyclic) bond motifs is 3. The highest BCUT2D eigenvalue weighted by atomic mass is 35.5. The minimum atomic E-state index is -4.34. The highest BCUT2D eigenvalue weighted by Crippen LogP contribution is 2.57. The SMILES string of the molecule is Cl.Cl.Oc1ccc2c(c1)[C@]13CCN(CC(F)(F)F)[C@H](C2)[C@]1(O)Cc1cc2ccccc2nc1C3. The summed E-state index contributed by atoms with van der Waals surface area (Å²) in [5.41, 5.74) is 2.23. The molecule has 3 aliphatic rings. The fraction of sp³-hybridized carbons (Fsp3) is 0.400. The lowest BCUT2D eigenvalue weighted by molar-refractivity contribution is -0.196. The van der Waals surface area contributed by atoms with Crippen molar-refractivity contribution in [1.29, 1.82) is 0 Å². The van der Waals surface area contributed by atoms with E-state index in [9.17, 15) is 23.4 Å². The van der Waals surface area contributed by atoms with Crippen LogP contribution in [0, 0.1) is 0 Å². The molecule has 34 heavy (non-hydrogen) atoms. The lowest BCUT2D eigenvalue weighted by Crippen LogP contribution is -2.74. The summed E-state index contributed by atoms with van der Waals surface area (Å²) in [6.45, 7) is -0.795. The first kappa shape index (κ1) is 25.0. The minimum Gasteiger partial charge on any atom is -0.508 e. The average Bonchev–Trinajstić information content (AvgIpc) is 2.72. The van der Waals surface area contributed by atoms with Crippen molar-refractivity contribution in [2.24, 2.45) is 0 Å². The van der Waals surface area contributed by atoms with E-state index in [2.05, 4.69) is 0 Å². The summed E-state index contributed by atoms with van der Waals surface area (Å²) >= 11 is 0. The number of piperidine rings is 1. The van der Waals surface area contributed by atoms with Crippen LogP contribution in [0.1, 0.15) is 28.8 Å². The van der Waals surface area contributed by atoms with Crippen LogP contribution in [0.3, 0.4) is 0 Å². The van der Waals surface area contributed by atoms with Crippen LogP contribution in [0.25, 0.3) is 10.9 Å². The number of phenolic OH excluding ortho intramolecular Hbond substituents is 1. The van der Waals surface area contributed by atoms with Crippen LogP contribution < -0.4 is 0 Å². The molecule has 0 spiro atoms. The van der Waals surface area contributed by atoms with Crippen LogP contribution in [-0.2, 0) is 24.7 Å². The molecule has 0 amide bonds. The second-order valence-electron chi connectivity index (χ2n) is 9.54. The summed E-state index contributed by atoms with van der Waals surface area (Å²) in [7, 11) is 0. The number of phenols is 1. The van der Waals surface area contributed by atoms with Crippen molar-refractivity contribution in [2.45, 2.75) is 48.9 Å². The van der Waals surface area contributed by atoms with Gasteiger partial charge in [0.15, 0.2) is 0 Å². The first-order chi connectivity index (χ1) is 15.2. The number of halogens is 5. The molecule has 2 heterocycles. The molecule has 2 N–H and O–H groups in total. The molecule has 182 valence electrons. The van der Waals surface area contributed by atoms with E-state index in [-0.39, 0.29) is 43.5 Å². The van der Waals surface area contributed by atoms with Crippen LogP contribution in [0.5, 0.6) is 5.75 Å². The Hall–Kier alpha value is -2.06. The number of rotatable bonds is 1. The number of hydrogen-bond donors (Lipinski definition) is 2. The van der Waals surface area contributed by atoms with Crippen molar-refractivity contribution in [1.82, 2.24) is 9.88 Å². The molecule has 3 aromatic rings. The Morgan fingerprint density at radius 2 is 1.79 bits per heavy atom. The van der Waals surface area contributed by atoms with E-state index in [0.29, 0.717) is 19.3 Å². The van der Waals surface area contributed by atoms with E-state index in [0.717, 1.165) is 33.3 Å². The zero-order chi connectivity index (χ0) is 22.3. The summed E-state index contributed by atoms with van der Waals surface area (Å²) in [5, 5.41) is 23.5. The van der Waals surface area contributed by atoms with E-state index in [1.165, 1.54) is 4.90 Å². The third kappa shape index (κ3) is 3.56. The normalized spacial score (nSPS) is 27.6. The molecule has 4 nitrogen and oxygen atoms in total. The fourth-order valence-electron chi connectivity index (χ4n) is 6.51. The van der Waals surface area contributed by atoms with Crippen LogP contribution in [0.15, 0.2) is 48.5 Å². The summed E-state index contributed by atoms with van der Waals surface area (Å²) in [5.74, 6) is 0.105. The number of benzene rings is 2. The first-order valence-electron chi connectivity index (χ1n) is 10.9. The number of hydrogen-bond acceptors (Lipinski definition) is 4. The van der Waals surface area contributed by atoms with E-state index in [1.54, 1.807) is 18.2 Å². The van der Waals surface area contributed by atoms with E-state index in [1.807, 2.05) is 30.3 Å². The van der Waals surface area contributed by atoms with E-state index >= 15 is 0 Å². The lowest BCUT2D eigenvalue weighted by Gasteiger charge is -2.63. The van der Waals surface area contributed by atoms with Gasteiger partial charge in [-0.15, -0.1) is 24.8 Å². The topological polar surface area (TPSA) is 56.6 Å². The second-order valence-corrected chi connectivity index (χ2v) is 9.54. The number of likely N-dealkylation sites (tertiary alicyclic amines) is 1. The fourth-order valence-corrected chi connectivity index (χ4v) is 6.51. The Morgan fingerprint density at radius 3 is 2.56 bits per heavy atom. The van der Waals surface area contributed by atoms with Crippen LogP contribution in [0.2, 0.25) is 0 Å². The maximum absolute atomic E-state index is 13.4. The predicted molar refractivity (Wildman–Crippen MR) is 128 cm³/mol. The highest BCUT2D eigenvalue weighted by molar-refractivity contribution is 5.85. The molecular formula is C25H25Cl2F3N2O2. The van der Waals surface area contributed by atoms with Gasteiger partial charge in [-0.2, -0.15) is 13.2 Å². The smallest absolute Gasteiger partial charge is 0.401 e. The predicted octanol–water partition coefficient (Wildman–Crippen LogP) is 4.74. The number of pyridine rings is 1. The van der Waals surface area contributed by atoms with Crippen molar-refractivity contribution in [3.05, 3.63) is 70.9 Å². The number of aliphatic hydroxyl groups is 1. The van der Waals surface area contributed by atoms with Gasteiger partial charge >= 0.3 is 6.18 Å². The summed E-state index contributed by atoms with van der Waals surface area (Å²) in [6.07, 6.45) is -2.96. The number of para-hydroxylation sites is 1. The third-order valence-corrected chi connectivity index (χ3v) is 7.87. The van der Waals surface area contributed by atoms with Gasteiger partial charge in [0, 0.05) is 35.4 Å². The number of aromatic hydroxyl groups is 1.